The van der Waals surface area contributed by atoms with Crippen LogP contribution in [0.5, 0.6) is 0 Å². The van der Waals surface area contributed by atoms with Gasteiger partial charge in [-0.3, -0.25) is 4.79 Å². The summed E-state index contributed by atoms with van der Waals surface area (Å²) in [7, 11) is 0. The van der Waals surface area contributed by atoms with Crippen molar-refractivity contribution in [3.8, 4) is 0 Å². The number of hydrogen-bond acceptors (Lipinski definition) is 4. The van der Waals surface area contributed by atoms with Crippen molar-refractivity contribution in [3.05, 3.63) is 0 Å². The number of carbonyl (C=O) groups is 2. The summed E-state index contributed by atoms with van der Waals surface area (Å²) in [5, 5.41) is 12.0. The van der Waals surface area contributed by atoms with Crippen molar-refractivity contribution in [3.63, 3.8) is 0 Å². The van der Waals surface area contributed by atoms with E-state index in [2.05, 4.69) is 5.32 Å². The molecule has 0 radical (unpaired) electrons. The summed E-state index contributed by atoms with van der Waals surface area (Å²) in [5.41, 5.74) is -1.07. The SMILES string of the molecule is CC(C)OCCC(=O)NC1(C(=O)O)CCSCC1. The number of thioether (sulfide) groups is 1. The quantitative estimate of drug-likeness (QED) is 0.763. The Bertz CT molecular complexity index is 300. The number of nitrogens with one attached hydrogen (secondary N) is 1. The van der Waals surface area contributed by atoms with Crippen molar-refractivity contribution >= 4 is 23.6 Å². The van der Waals surface area contributed by atoms with Crippen LogP contribution >= 0.6 is 11.8 Å². The molecule has 1 aliphatic rings. The molecule has 0 aromatic carbocycles. The zero-order valence-electron chi connectivity index (χ0n) is 10.9. The Hall–Kier alpha value is -0.750. The molecule has 1 saturated heterocycles. The number of amides is 1. The molecule has 104 valence electrons. The molecule has 1 rings (SSSR count). The minimum Gasteiger partial charge on any atom is -0.480 e. The van der Waals surface area contributed by atoms with Crippen molar-refractivity contribution in [1.29, 1.82) is 0 Å². The average Bonchev–Trinajstić information content (AvgIpc) is 2.29. The van der Waals surface area contributed by atoms with Crippen LogP contribution in [0.3, 0.4) is 0 Å². The highest BCUT2D eigenvalue weighted by Gasteiger charge is 2.41. The predicted octanol–water partition coefficient (Wildman–Crippen LogP) is 1.27. The largest absolute Gasteiger partial charge is 0.480 e. The molecule has 0 aromatic heterocycles. The molecule has 0 bridgehead atoms. The van der Waals surface area contributed by atoms with Crippen LogP contribution < -0.4 is 5.32 Å². The maximum absolute atomic E-state index is 11.7. The number of ether oxygens (including phenoxy) is 1. The van der Waals surface area contributed by atoms with E-state index >= 15 is 0 Å². The molecular formula is C12H21NO4S. The van der Waals surface area contributed by atoms with Gasteiger partial charge in [0.2, 0.25) is 5.91 Å². The van der Waals surface area contributed by atoms with Gasteiger partial charge < -0.3 is 15.2 Å². The van der Waals surface area contributed by atoms with Gasteiger partial charge >= 0.3 is 5.97 Å². The highest BCUT2D eigenvalue weighted by Crippen LogP contribution is 2.27. The number of rotatable bonds is 6. The van der Waals surface area contributed by atoms with Gasteiger partial charge in [0.25, 0.3) is 0 Å². The molecule has 5 nitrogen and oxygen atoms in total. The topological polar surface area (TPSA) is 75.6 Å². The minimum absolute atomic E-state index is 0.0808. The summed E-state index contributed by atoms with van der Waals surface area (Å²) in [6.45, 7) is 4.12. The summed E-state index contributed by atoms with van der Waals surface area (Å²) in [6, 6.07) is 0. The molecule has 1 amide bonds. The number of carbonyl (C=O) groups excluding carboxylic acids is 1. The van der Waals surface area contributed by atoms with E-state index in [0.29, 0.717) is 19.4 Å². The Labute approximate surface area is 112 Å². The first-order valence-electron chi connectivity index (χ1n) is 6.20. The van der Waals surface area contributed by atoms with Crippen LogP contribution in [0.1, 0.15) is 33.1 Å². The third kappa shape index (κ3) is 4.49. The van der Waals surface area contributed by atoms with Crippen LogP contribution in [0, 0.1) is 0 Å². The second-order valence-corrected chi connectivity index (χ2v) is 5.94. The summed E-state index contributed by atoms with van der Waals surface area (Å²) < 4.78 is 5.28. The second-order valence-electron chi connectivity index (χ2n) is 4.72. The van der Waals surface area contributed by atoms with E-state index in [9.17, 15) is 14.7 Å². The molecule has 0 unspecified atom stereocenters. The molecule has 0 aliphatic carbocycles. The standard InChI is InChI=1S/C12H21NO4S/c1-9(2)17-6-3-10(14)13-12(11(15)16)4-7-18-8-5-12/h9H,3-8H2,1-2H3,(H,13,14)(H,15,16). The highest BCUT2D eigenvalue weighted by atomic mass is 32.2. The lowest BCUT2D eigenvalue weighted by atomic mass is 9.92. The molecule has 1 fully saturated rings. The van der Waals surface area contributed by atoms with Crippen LogP contribution in [0.25, 0.3) is 0 Å². The molecule has 0 saturated carbocycles. The molecular weight excluding hydrogens is 254 g/mol. The molecule has 0 atom stereocenters. The van der Waals surface area contributed by atoms with Crippen molar-refractivity contribution < 1.29 is 19.4 Å². The fourth-order valence-corrected chi connectivity index (χ4v) is 3.02. The monoisotopic (exact) mass is 275 g/mol. The van der Waals surface area contributed by atoms with Crippen molar-refractivity contribution in [2.45, 2.75) is 44.8 Å². The van der Waals surface area contributed by atoms with Gasteiger partial charge in [0, 0.05) is 6.42 Å². The van der Waals surface area contributed by atoms with Gasteiger partial charge in [-0.1, -0.05) is 0 Å². The molecule has 2 N–H and O–H groups in total. The van der Waals surface area contributed by atoms with Crippen LogP contribution in [0.4, 0.5) is 0 Å². The lowest BCUT2D eigenvalue weighted by molar-refractivity contribution is -0.148. The predicted molar refractivity (Wildman–Crippen MR) is 70.8 cm³/mol. The van der Waals surface area contributed by atoms with E-state index in [1.807, 2.05) is 13.8 Å². The number of aliphatic carboxylic acids is 1. The van der Waals surface area contributed by atoms with Gasteiger partial charge in [0.15, 0.2) is 0 Å². The smallest absolute Gasteiger partial charge is 0.329 e. The number of carboxylic acid groups (broad SMARTS) is 1. The fraction of sp³-hybridized carbons (Fsp3) is 0.833. The first-order chi connectivity index (χ1) is 8.46. The van der Waals surface area contributed by atoms with E-state index in [4.69, 9.17) is 4.74 Å². The molecule has 18 heavy (non-hydrogen) atoms. The first kappa shape index (κ1) is 15.3. The van der Waals surface area contributed by atoms with Gasteiger partial charge in [-0.05, 0) is 38.2 Å². The lowest BCUT2D eigenvalue weighted by Crippen LogP contribution is -2.56. The average molecular weight is 275 g/mol. The van der Waals surface area contributed by atoms with Gasteiger partial charge in [0.05, 0.1) is 12.7 Å². The maximum atomic E-state index is 11.7. The van der Waals surface area contributed by atoms with Crippen molar-refractivity contribution in [2.24, 2.45) is 0 Å². The van der Waals surface area contributed by atoms with E-state index in [0.717, 1.165) is 11.5 Å². The van der Waals surface area contributed by atoms with Crippen LogP contribution in [-0.2, 0) is 14.3 Å². The minimum atomic E-state index is -1.07. The Morgan fingerprint density at radius 1 is 1.39 bits per heavy atom. The van der Waals surface area contributed by atoms with Gasteiger partial charge in [-0.15, -0.1) is 0 Å². The van der Waals surface area contributed by atoms with E-state index < -0.39 is 11.5 Å². The Balaban J connectivity index is 2.46. The Morgan fingerprint density at radius 2 is 2.00 bits per heavy atom. The molecule has 0 aromatic rings. The van der Waals surface area contributed by atoms with Gasteiger partial charge in [-0.25, -0.2) is 4.79 Å². The zero-order chi connectivity index (χ0) is 13.6. The molecule has 1 aliphatic heterocycles. The second kappa shape index (κ2) is 6.99. The molecule has 1 heterocycles. The number of hydrogen-bond donors (Lipinski definition) is 2. The van der Waals surface area contributed by atoms with E-state index in [-0.39, 0.29) is 18.4 Å². The Kier molecular flexibility index (Phi) is 5.95. The van der Waals surface area contributed by atoms with Crippen LogP contribution in [-0.4, -0.2) is 46.7 Å². The van der Waals surface area contributed by atoms with Crippen molar-refractivity contribution in [1.82, 2.24) is 5.32 Å². The maximum Gasteiger partial charge on any atom is 0.329 e. The zero-order valence-corrected chi connectivity index (χ0v) is 11.7. The van der Waals surface area contributed by atoms with E-state index in [1.165, 1.54) is 0 Å². The number of carboxylic acids is 1. The first-order valence-corrected chi connectivity index (χ1v) is 7.35. The molecule has 6 heteroatoms. The fourth-order valence-electron chi connectivity index (χ4n) is 1.83. The summed E-state index contributed by atoms with van der Waals surface area (Å²) in [4.78, 5) is 23.1. The van der Waals surface area contributed by atoms with E-state index in [1.54, 1.807) is 11.8 Å². The highest BCUT2D eigenvalue weighted by molar-refractivity contribution is 7.99. The lowest BCUT2D eigenvalue weighted by Gasteiger charge is -2.33. The van der Waals surface area contributed by atoms with Crippen molar-refractivity contribution in [2.75, 3.05) is 18.1 Å². The van der Waals surface area contributed by atoms with Crippen LogP contribution in [0.2, 0.25) is 0 Å². The van der Waals surface area contributed by atoms with Crippen LogP contribution in [0.15, 0.2) is 0 Å². The summed E-state index contributed by atoms with van der Waals surface area (Å²) in [6.07, 6.45) is 1.27. The normalized spacial score (nSPS) is 18.6. The van der Waals surface area contributed by atoms with Gasteiger partial charge in [-0.2, -0.15) is 11.8 Å². The van der Waals surface area contributed by atoms with Gasteiger partial charge in [0.1, 0.15) is 5.54 Å². The Morgan fingerprint density at radius 3 is 2.50 bits per heavy atom. The third-order valence-corrected chi connectivity index (χ3v) is 3.90. The summed E-state index contributed by atoms with van der Waals surface area (Å²) in [5.74, 6) is 0.371. The summed E-state index contributed by atoms with van der Waals surface area (Å²) >= 11 is 1.72. The third-order valence-electron chi connectivity index (χ3n) is 2.91. The molecule has 0 spiro atoms.